The van der Waals surface area contributed by atoms with Crippen LogP contribution in [0.5, 0.6) is 0 Å². The van der Waals surface area contributed by atoms with Crippen LogP contribution in [0.25, 0.3) is 0 Å². The van der Waals surface area contributed by atoms with E-state index < -0.39 is 5.54 Å². The average Bonchev–Trinajstić information content (AvgIpc) is 2.76. The van der Waals surface area contributed by atoms with Crippen LogP contribution < -0.4 is 5.73 Å². The van der Waals surface area contributed by atoms with E-state index in [2.05, 4.69) is 29.1 Å². The molecule has 1 aromatic rings. The van der Waals surface area contributed by atoms with Crippen LogP contribution in [0.1, 0.15) is 33.4 Å². The van der Waals surface area contributed by atoms with Gasteiger partial charge in [0.05, 0.1) is 31.0 Å². The zero-order valence-electron chi connectivity index (χ0n) is 13.0. The molecule has 0 amide bonds. The minimum absolute atomic E-state index is 0.179. The number of ether oxygens (including phenoxy) is 1. The third-order valence-electron chi connectivity index (χ3n) is 3.44. The van der Waals surface area contributed by atoms with Crippen molar-refractivity contribution >= 4 is 0 Å². The van der Waals surface area contributed by atoms with Crippen LogP contribution in [0.2, 0.25) is 0 Å². The minimum atomic E-state index is -0.449. The summed E-state index contributed by atoms with van der Waals surface area (Å²) in [6.45, 7) is 13.0. The molecule has 1 aliphatic rings. The Kier molecular flexibility index (Phi) is 4.78. The Bertz CT molecular complexity index is 423. The topological polar surface area (TPSA) is 69.2 Å². The van der Waals surface area contributed by atoms with Gasteiger partial charge in [-0.3, -0.25) is 4.90 Å². The molecule has 6 heteroatoms. The summed E-state index contributed by atoms with van der Waals surface area (Å²) in [4.78, 5) is 2.46. The Morgan fingerprint density at radius 3 is 2.85 bits per heavy atom. The van der Waals surface area contributed by atoms with Crippen molar-refractivity contribution in [2.24, 2.45) is 11.7 Å². The van der Waals surface area contributed by atoms with Crippen LogP contribution in [0, 0.1) is 5.92 Å². The molecule has 1 fully saturated rings. The Balaban J connectivity index is 1.91. The Hall–Kier alpha value is -0.980. The normalized spacial score (nSPS) is 21.6. The maximum absolute atomic E-state index is 6.02. The van der Waals surface area contributed by atoms with Gasteiger partial charge in [-0.25, -0.2) is 4.68 Å². The smallest absolute Gasteiger partial charge is 0.102 e. The van der Waals surface area contributed by atoms with E-state index in [1.807, 2.05) is 24.7 Å². The van der Waals surface area contributed by atoms with Crippen LogP contribution in [0.3, 0.4) is 0 Å². The van der Waals surface area contributed by atoms with Crippen LogP contribution in [-0.4, -0.2) is 52.2 Å². The van der Waals surface area contributed by atoms with Crippen molar-refractivity contribution in [1.29, 1.82) is 0 Å². The lowest BCUT2D eigenvalue weighted by molar-refractivity contribution is -0.0406. The molecule has 1 aliphatic heterocycles. The summed E-state index contributed by atoms with van der Waals surface area (Å²) >= 11 is 0. The number of hydrogen-bond donors (Lipinski definition) is 1. The Morgan fingerprint density at radius 1 is 1.50 bits per heavy atom. The summed E-state index contributed by atoms with van der Waals surface area (Å²) in [6, 6.07) is 0. The predicted octanol–water partition coefficient (Wildman–Crippen LogP) is 0.829. The molecule has 114 valence electrons. The molecule has 1 saturated heterocycles. The lowest BCUT2D eigenvalue weighted by atomic mass is 10.0. The molecular weight excluding hydrogens is 254 g/mol. The molecule has 1 aromatic heterocycles. The van der Waals surface area contributed by atoms with Crippen molar-refractivity contribution in [2.75, 3.05) is 26.2 Å². The third-order valence-corrected chi connectivity index (χ3v) is 3.44. The second-order valence-corrected chi connectivity index (χ2v) is 6.69. The van der Waals surface area contributed by atoms with Gasteiger partial charge in [0.25, 0.3) is 0 Å². The lowest BCUT2D eigenvalue weighted by Crippen LogP contribution is -2.45. The number of morpholine rings is 1. The largest absolute Gasteiger partial charge is 0.374 e. The average molecular weight is 281 g/mol. The van der Waals surface area contributed by atoms with Gasteiger partial charge < -0.3 is 10.5 Å². The van der Waals surface area contributed by atoms with E-state index in [9.17, 15) is 0 Å². The fourth-order valence-corrected chi connectivity index (χ4v) is 2.46. The van der Waals surface area contributed by atoms with E-state index >= 15 is 0 Å². The first-order chi connectivity index (χ1) is 9.34. The van der Waals surface area contributed by atoms with Crippen LogP contribution in [-0.2, 0) is 16.8 Å². The molecule has 0 radical (unpaired) electrons. The maximum Gasteiger partial charge on any atom is 0.102 e. The van der Waals surface area contributed by atoms with Gasteiger partial charge >= 0.3 is 0 Å². The van der Waals surface area contributed by atoms with Gasteiger partial charge in [0.15, 0.2) is 0 Å². The van der Waals surface area contributed by atoms with Crippen molar-refractivity contribution in [3.63, 3.8) is 0 Å². The van der Waals surface area contributed by atoms with Gasteiger partial charge in [0, 0.05) is 19.6 Å². The molecule has 0 aromatic carbocycles. The number of nitrogens with two attached hydrogens (primary N) is 1. The highest BCUT2D eigenvalue weighted by atomic mass is 16.5. The number of hydrogen-bond acceptors (Lipinski definition) is 5. The van der Waals surface area contributed by atoms with E-state index in [4.69, 9.17) is 10.5 Å². The van der Waals surface area contributed by atoms with Crippen LogP contribution in [0.4, 0.5) is 0 Å². The Labute approximate surface area is 121 Å². The van der Waals surface area contributed by atoms with Gasteiger partial charge in [-0.05, 0) is 19.8 Å². The standard InChI is InChI=1S/C14H27N5O/c1-11(2)7-18-5-6-20-12(8-18)9-19-10-13(16-17-19)14(3,4)15/h10-12H,5-9,15H2,1-4H3. The molecule has 2 rings (SSSR count). The molecule has 6 nitrogen and oxygen atoms in total. The SMILES string of the molecule is CC(C)CN1CCOC(Cn2cc(C(C)(C)N)nn2)C1. The molecule has 20 heavy (non-hydrogen) atoms. The van der Waals surface area contributed by atoms with E-state index in [1.54, 1.807) is 0 Å². The zero-order chi connectivity index (χ0) is 14.8. The fourth-order valence-electron chi connectivity index (χ4n) is 2.46. The summed E-state index contributed by atoms with van der Waals surface area (Å²) in [5, 5.41) is 8.29. The second kappa shape index (κ2) is 6.20. The van der Waals surface area contributed by atoms with Gasteiger partial charge in [0.1, 0.15) is 5.69 Å². The number of rotatable bonds is 5. The van der Waals surface area contributed by atoms with Crippen molar-refractivity contribution in [3.05, 3.63) is 11.9 Å². The predicted molar refractivity (Wildman–Crippen MR) is 78.3 cm³/mol. The van der Waals surface area contributed by atoms with Crippen LogP contribution >= 0.6 is 0 Å². The first kappa shape index (κ1) is 15.4. The van der Waals surface area contributed by atoms with Crippen molar-refractivity contribution in [3.8, 4) is 0 Å². The molecule has 0 saturated carbocycles. The monoisotopic (exact) mass is 281 g/mol. The number of aromatic nitrogens is 3. The van der Waals surface area contributed by atoms with E-state index in [-0.39, 0.29) is 6.10 Å². The molecule has 1 unspecified atom stereocenters. The molecule has 0 spiro atoms. The van der Waals surface area contributed by atoms with Gasteiger partial charge in [0.2, 0.25) is 0 Å². The lowest BCUT2D eigenvalue weighted by Gasteiger charge is -2.33. The first-order valence-corrected chi connectivity index (χ1v) is 7.38. The van der Waals surface area contributed by atoms with Crippen LogP contribution in [0.15, 0.2) is 6.20 Å². The van der Waals surface area contributed by atoms with Crippen molar-refractivity contribution in [2.45, 2.75) is 45.9 Å². The molecule has 0 bridgehead atoms. The van der Waals surface area contributed by atoms with E-state index in [1.165, 1.54) is 0 Å². The zero-order valence-corrected chi connectivity index (χ0v) is 13.0. The van der Waals surface area contributed by atoms with Gasteiger partial charge in [-0.15, -0.1) is 5.10 Å². The molecular formula is C14H27N5O. The van der Waals surface area contributed by atoms with Gasteiger partial charge in [-0.1, -0.05) is 19.1 Å². The van der Waals surface area contributed by atoms with Gasteiger partial charge in [-0.2, -0.15) is 0 Å². The first-order valence-electron chi connectivity index (χ1n) is 7.38. The quantitative estimate of drug-likeness (QED) is 0.865. The molecule has 2 N–H and O–H groups in total. The summed E-state index contributed by atoms with van der Waals surface area (Å²) < 4.78 is 7.67. The Morgan fingerprint density at radius 2 is 2.25 bits per heavy atom. The van der Waals surface area contributed by atoms with Crippen molar-refractivity contribution in [1.82, 2.24) is 19.9 Å². The van der Waals surface area contributed by atoms with E-state index in [0.29, 0.717) is 5.92 Å². The highest BCUT2D eigenvalue weighted by Gasteiger charge is 2.23. The fraction of sp³-hybridized carbons (Fsp3) is 0.857. The molecule has 0 aliphatic carbocycles. The molecule has 2 heterocycles. The van der Waals surface area contributed by atoms with Crippen molar-refractivity contribution < 1.29 is 4.74 Å². The molecule has 1 atom stereocenters. The summed E-state index contributed by atoms with van der Waals surface area (Å²) in [6.07, 6.45) is 2.10. The highest BCUT2D eigenvalue weighted by molar-refractivity contribution is 5.05. The van der Waals surface area contributed by atoms with E-state index in [0.717, 1.165) is 38.5 Å². The third kappa shape index (κ3) is 4.26. The summed E-state index contributed by atoms with van der Waals surface area (Å²) in [5.41, 5.74) is 6.39. The minimum Gasteiger partial charge on any atom is -0.374 e. The highest BCUT2D eigenvalue weighted by Crippen LogP contribution is 2.14. The summed E-state index contributed by atoms with van der Waals surface area (Å²) in [5.74, 6) is 0.685. The summed E-state index contributed by atoms with van der Waals surface area (Å²) in [7, 11) is 0. The number of nitrogens with zero attached hydrogens (tertiary/aromatic N) is 4. The second-order valence-electron chi connectivity index (χ2n) is 6.69. The maximum atomic E-state index is 6.02.